The fourth-order valence-electron chi connectivity index (χ4n) is 6.81. The van der Waals surface area contributed by atoms with Crippen molar-refractivity contribution in [2.75, 3.05) is 4.90 Å². The first-order valence-corrected chi connectivity index (χ1v) is 16.2. The largest absolute Gasteiger partial charge is 0.456 e. The Hall–Kier alpha value is -6.45. The highest BCUT2D eigenvalue weighted by Crippen LogP contribution is 2.42. The Balaban J connectivity index is 1.15. The Morgan fingerprint density at radius 1 is 0.438 bits per heavy atom. The Labute approximate surface area is 279 Å². The van der Waals surface area contributed by atoms with Gasteiger partial charge in [0.1, 0.15) is 11.2 Å². The molecule has 0 unspecified atom stereocenters. The van der Waals surface area contributed by atoms with E-state index in [1.807, 2.05) is 18.5 Å². The Morgan fingerprint density at radius 2 is 1.02 bits per heavy atom. The molecule has 3 heteroatoms. The van der Waals surface area contributed by atoms with Crippen LogP contribution in [0.1, 0.15) is 0 Å². The van der Waals surface area contributed by atoms with Crippen LogP contribution in [0.3, 0.4) is 0 Å². The van der Waals surface area contributed by atoms with Crippen LogP contribution in [0.4, 0.5) is 17.1 Å². The molecule has 9 aromatic rings. The predicted octanol–water partition coefficient (Wildman–Crippen LogP) is 12.6. The highest BCUT2D eigenvalue weighted by Gasteiger charge is 2.18. The van der Waals surface area contributed by atoms with E-state index in [-0.39, 0.29) is 0 Å². The molecule has 0 aliphatic heterocycles. The third-order valence-electron chi connectivity index (χ3n) is 9.17. The van der Waals surface area contributed by atoms with Crippen LogP contribution in [0.15, 0.2) is 187 Å². The number of anilines is 3. The number of hydrogen-bond donors (Lipinski definition) is 0. The monoisotopic (exact) mass is 614 g/mol. The molecule has 48 heavy (non-hydrogen) atoms. The summed E-state index contributed by atoms with van der Waals surface area (Å²) in [4.78, 5) is 6.76. The summed E-state index contributed by atoms with van der Waals surface area (Å²) in [6, 6.07) is 60.2. The molecule has 3 nitrogen and oxygen atoms in total. The third kappa shape index (κ3) is 4.90. The molecular weight excluding hydrogens is 585 g/mol. The number of hydrogen-bond acceptors (Lipinski definition) is 3. The molecule has 9 rings (SSSR count). The van der Waals surface area contributed by atoms with E-state index in [1.54, 1.807) is 0 Å². The molecule has 0 radical (unpaired) electrons. The van der Waals surface area contributed by atoms with Crippen molar-refractivity contribution in [3.8, 4) is 33.4 Å². The van der Waals surface area contributed by atoms with Gasteiger partial charge in [-0.3, -0.25) is 4.98 Å². The summed E-state index contributed by atoms with van der Waals surface area (Å²) in [5, 5.41) is 4.47. The van der Waals surface area contributed by atoms with Crippen molar-refractivity contribution in [3.63, 3.8) is 0 Å². The van der Waals surface area contributed by atoms with Gasteiger partial charge in [0.25, 0.3) is 0 Å². The highest BCUT2D eigenvalue weighted by atomic mass is 16.3. The highest BCUT2D eigenvalue weighted by molar-refractivity contribution is 6.19. The van der Waals surface area contributed by atoms with Crippen LogP contribution < -0.4 is 4.90 Å². The Morgan fingerprint density at radius 3 is 1.75 bits per heavy atom. The molecule has 226 valence electrons. The molecule has 0 aliphatic carbocycles. The summed E-state index contributed by atoms with van der Waals surface area (Å²) in [6.07, 6.45) is 3.77. The second-order valence-electron chi connectivity index (χ2n) is 12.0. The molecule has 0 amide bonds. The van der Waals surface area contributed by atoms with Crippen LogP contribution in [0.2, 0.25) is 0 Å². The minimum Gasteiger partial charge on any atom is -0.456 e. The average molecular weight is 615 g/mol. The standard InChI is InChI=1S/C45H30N2O/c1-3-9-31(10-4-1)32-15-21-37(22-16-32)47(42-14-8-7-13-39(42)34-11-5-2-6-12-34)38-23-17-33(18-24-38)36-20-25-43-40(29-36)45-41-30-46-28-27-35(41)19-26-44(45)48-43/h1-30H. The summed E-state index contributed by atoms with van der Waals surface area (Å²) in [5.74, 6) is 0. The van der Waals surface area contributed by atoms with Crippen molar-refractivity contribution in [2.45, 2.75) is 0 Å². The van der Waals surface area contributed by atoms with E-state index >= 15 is 0 Å². The maximum absolute atomic E-state index is 6.25. The van der Waals surface area contributed by atoms with Gasteiger partial charge in [-0.15, -0.1) is 0 Å². The van der Waals surface area contributed by atoms with Gasteiger partial charge in [-0.2, -0.15) is 0 Å². The summed E-state index contributed by atoms with van der Waals surface area (Å²) < 4.78 is 6.25. The summed E-state index contributed by atoms with van der Waals surface area (Å²) in [7, 11) is 0. The van der Waals surface area contributed by atoms with E-state index in [4.69, 9.17) is 4.42 Å². The van der Waals surface area contributed by atoms with Crippen LogP contribution in [0.25, 0.3) is 66.1 Å². The molecule has 0 saturated heterocycles. The maximum atomic E-state index is 6.25. The number of nitrogens with zero attached hydrogens (tertiary/aromatic N) is 2. The third-order valence-corrected chi connectivity index (χ3v) is 9.17. The average Bonchev–Trinajstić information content (AvgIpc) is 3.55. The van der Waals surface area contributed by atoms with Gasteiger partial charge in [-0.05, 0) is 87.8 Å². The van der Waals surface area contributed by atoms with Crippen LogP contribution in [-0.4, -0.2) is 4.98 Å². The van der Waals surface area contributed by atoms with Gasteiger partial charge >= 0.3 is 0 Å². The van der Waals surface area contributed by atoms with E-state index in [9.17, 15) is 0 Å². The van der Waals surface area contributed by atoms with Gasteiger partial charge in [0.15, 0.2) is 0 Å². The lowest BCUT2D eigenvalue weighted by Gasteiger charge is -2.28. The predicted molar refractivity (Wildman–Crippen MR) is 200 cm³/mol. The van der Waals surface area contributed by atoms with E-state index in [1.165, 1.54) is 22.3 Å². The molecule has 0 fully saturated rings. The molecule has 0 N–H and O–H groups in total. The second kappa shape index (κ2) is 11.7. The van der Waals surface area contributed by atoms with Gasteiger partial charge in [-0.1, -0.05) is 115 Å². The van der Waals surface area contributed by atoms with Crippen molar-refractivity contribution < 1.29 is 4.42 Å². The lowest BCUT2D eigenvalue weighted by molar-refractivity contribution is 0.669. The van der Waals surface area contributed by atoms with E-state index in [2.05, 4.69) is 174 Å². The molecule has 7 aromatic carbocycles. The molecule has 0 saturated carbocycles. The SMILES string of the molecule is c1ccc(-c2ccc(N(c3ccc(-c4ccc5oc6ccc7ccncc7c6c5c4)cc3)c3ccccc3-c3ccccc3)cc2)cc1. The normalized spacial score (nSPS) is 11.3. The number of furan rings is 1. The topological polar surface area (TPSA) is 29.3 Å². The molecule has 0 spiro atoms. The summed E-state index contributed by atoms with van der Waals surface area (Å²) >= 11 is 0. The first-order valence-electron chi connectivity index (χ1n) is 16.2. The van der Waals surface area contributed by atoms with Gasteiger partial charge in [0, 0.05) is 45.5 Å². The lowest BCUT2D eigenvalue weighted by atomic mass is 9.99. The first kappa shape index (κ1) is 27.8. The van der Waals surface area contributed by atoms with Crippen molar-refractivity contribution in [2.24, 2.45) is 0 Å². The van der Waals surface area contributed by atoms with E-state index in [0.717, 1.165) is 60.9 Å². The minimum atomic E-state index is 0.879. The first-order chi connectivity index (χ1) is 23.8. The van der Waals surface area contributed by atoms with Gasteiger partial charge in [-0.25, -0.2) is 0 Å². The van der Waals surface area contributed by atoms with Crippen LogP contribution in [0, 0.1) is 0 Å². The quantitative estimate of drug-likeness (QED) is 0.187. The van der Waals surface area contributed by atoms with E-state index in [0.29, 0.717) is 0 Å². The van der Waals surface area contributed by atoms with Crippen LogP contribution in [0.5, 0.6) is 0 Å². The number of rotatable bonds is 6. The number of fused-ring (bicyclic) bond motifs is 5. The lowest BCUT2D eigenvalue weighted by Crippen LogP contribution is -2.11. The molecule has 0 bridgehead atoms. The smallest absolute Gasteiger partial charge is 0.136 e. The zero-order valence-electron chi connectivity index (χ0n) is 26.1. The Bertz CT molecular complexity index is 2540. The van der Waals surface area contributed by atoms with Crippen molar-refractivity contribution in [1.82, 2.24) is 4.98 Å². The zero-order chi connectivity index (χ0) is 31.9. The van der Waals surface area contributed by atoms with Gasteiger partial charge < -0.3 is 9.32 Å². The Kier molecular flexibility index (Phi) is 6.80. The fourth-order valence-corrected chi connectivity index (χ4v) is 6.81. The van der Waals surface area contributed by atoms with Gasteiger partial charge in [0.05, 0.1) is 5.69 Å². The molecule has 2 aromatic heterocycles. The maximum Gasteiger partial charge on any atom is 0.136 e. The number of benzene rings is 7. The fraction of sp³-hybridized carbons (Fsp3) is 0. The van der Waals surface area contributed by atoms with Crippen molar-refractivity contribution in [1.29, 1.82) is 0 Å². The summed E-state index contributed by atoms with van der Waals surface area (Å²) in [6.45, 7) is 0. The van der Waals surface area contributed by atoms with Gasteiger partial charge in [0.2, 0.25) is 0 Å². The number of para-hydroxylation sites is 1. The van der Waals surface area contributed by atoms with E-state index < -0.39 is 0 Å². The van der Waals surface area contributed by atoms with Crippen molar-refractivity contribution >= 4 is 49.8 Å². The number of aromatic nitrogens is 1. The van der Waals surface area contributed by atoms with Crippen LogP contribution in [-0.2, 0) is 0 Å². The second-order valence-corrected chi connectivity index (χ2v) is 12.0. The number of pyridine rings is 1. The molecular formula is C45H30N2O. The molecule has 0 aliphatic rings. The summed E-state index contributed by atoms with van der Waals surface area (Å²) in [5.41, 5.74) is 12.1. The molecule has 0 atom stereocenters. The minimum absolute atomic E-state index is 0.879. The molecule has 2 heterocycles. The van der Waals surface area contributed by atoms with Crippen molar-refractivity contribution in [3.05, 3.63) is 182 Å². The van der Waals surface area contributed by atoms with Crippen LogP contribution >= 0.6 is 0 Å². The zero-order valence-corrected chi connectivity index (χ0v) is 26.1.